The highest BCUT2D eigenvalue weighted by Gasteiger charge is 2.32. The number of ketones is 1. The number of aryl methyl sites for hydroxylation is 2. The summed E-state index contributed by atoms with van der Waals surface area (Å²) in [7, 11) is 0. The number of nitrogens with zero attached hydrogens (tertiary/aromatic N) is 6. The van der Waals surface area contributed by atoms with Crippen LogP contribution in [0, 0.1) is 6.92 Å². The van der Waals surface area contributed by atoms with E-state index in [0.29, 0.717) is 48.2 Å². The predicted octanol–water partition coefficient (Wildman–Crippen LogP) is 4.11. The van der Waals surface area contributed by atoms with Crippen molar-refractivity contribution in [1.29, 1.82) is 0 Å². The van der Waals surface area contributed by atoms with Crippen LogP contribution in [-0.2, 0) is 13.0 Å². The van der Waals surface area contributed by atoms with Gasteiger partial charge in [-0.3, -0.25) is 14.7 Å². The van der Waals surface area contributed by atoms with Gasteiger partial charge in [0.2, 0.25) is 0 Å². The standard InChI is InChI=1S/C22H20N6O2S2/c1-14-20(19(29)7-5-15-3-2-8-23-12-15)31-21(24-14)28-10-9-27(22(28)30)13-16-4-6-17-18(11-16)26-32-25-17/h2-4,6,8,11-12H,5,7,9-10,13H2,1H3. The lowest BCUT2D eigenvalue weighted by Gasteiger charge is -2.16. The quantitative estimate of drug-likeness (QED) is 0.382. The number of rotatable bonds is 7. The second-order valence-electron chi connectivity index (χ2n) is 7.64. The van der Waals surface area contributed by atoms with Gasteiger partial charge in [0, 0.05) is 38.4 Å². The molecule has 0 bridgehead atoms. The van der Waals surface area contributed by atoms with Gasteiger partial charge >= 0.3 is 6.03 Å². The van der Waals surface area contributed by atoms with E-state index in [9.17, 15) is 9.59 Å². The van der Waals surface area contributed by atoms with E-state index < -0.39 is 0 Å². The van der Waals surface area contributed by atoms with Gasteiger partial charge in [-0.1, -0.05) is 23.5 Å². The molecule has 10 heteroatoms. The smallest absolute Gasteiger partial charge is 0.318 e. The predicted molar refractivity (Wildman–Crippen MR) is 124 cm³/mol. The molecule has 5 rings (SSSR count). The van der Waals surface area contributed by atoms with Gasteiger partial charge in [0.05, 0.1) is 22.3 Å². The van der Waals surface area contributed by atoms with Gasteiger partial charge in [-0.2, -0.15) is 8.75 Å². The molecule has 32 heavy (non-hydrogen) atoms. The Kier molecular flexibility index (Phi) is 5.62. The third-order valence-corrected chi connectivity index (χ3v) is 7.20. The first kappa shape index (κ1) is 20.7. The van der Waals surface area contributed by atoms with E-state index in [1.54, 1.807) is 22.2 Å². The highest BCUT2D eigenvalue weighted by molar-refractivity contribution is 7.17. The maximum absolute atomic E-state index is 13.0. The average molecular weight is 465 g/mol. The molecule has 0 unspecified atom stereocenters. The number of hydrogen-bond acceptors (Lipinski definition) is 8. The molecule has 1 saturated heterocycles. The van der Waals surface area contributed by atoms with Gasteiger partial charge in [-0.25, -0.2) is 9.78 Å². The van der Waals surface area contributed by atoms with Crippen LogP contribution in [0.4, 0.5) is 9.93 Å². The monoisotopic (exact) mass is 464 g/mol. The minimum Gasteiger partial charge on any atom is -0.318 e. The first-order chi connectivity index (χ1) is 15.6. The Morgan fingerprint density at radius 2 is 2.00 bits per heavy atom. The van der Waals surface area contributed by atoms with Crippen LogP contribution in [0.25, 0.3) is 11.0 Å². The molecule has 0 radical (unpaired) electrons. The maximum atomic E-state index is 13.0. The van der Waals surface area contributed by atoms with Crippen LogP contribution in [0.1, 0.15) is 32.9 Å². The van der Waals surface area contributed by atoms with Crippen LogP contribution in [0.3, 0.4) is 0 Å². The van der Waals surface area contributed by atoms with Gasteiger partial charge in [-0.15, -0.1) is 0 Å². The van der Waals surface area contributed by atoms with E-state index in [1.807, 2.05) is 37.3 Å². The van der Waals surface area contributed by atoms with E-state index in [1.165, 1.54) is 23.1 Å². The summed E-state index contributed by atoms with van der Waals surface area (Å²) in [4.78, 5) is 38.5. The molecule has 162 valence electrons. The molecule has 0 spiro atoms. The summed E-state index contributed by atoms with van der Waals surface area (Å²) in [5.41, 5.74) is 4.43. The highest BCUT2D eigenvalue weighted by Crippen LogP contribution is 2.30. The molecule has 8 nitrogen and oxygen atoms in total. The maximum Gasteiger partial charge on any atom is 0.326 e. The fourth-order valence-corrected chi connectivity index (χ4v) is 5.30. The minimum atomic E-state index is -0.0930. The van der Waals surface area contributed by atoms with E-state index >= 15 is 0 Å². The Bertz CT molecular complexity index is 1290. The minimum absolute atomic E-state index is 0.0452. The van der Waals surface area contributed by atoms with Crippen LogP contribution in [0.15, 0.2) is 42.7 Å². The van der Waals surface area contributed by atoms with E-state index in [2.05, 4.69) is 18.7 Å². The van der Waals surface area contributed by atoms with Crippen molar-refractivity contribution in [3.8, 4) is 0 Å². The molecule has 2 amide bonds. The Balaban J connectivity index is 1.26. The van der Waals surface area contributed by atoms with Crippen LogP contribution >= 0.6 is 23.1 Å². The lowest BCUT2D eigenvalue weighted by molar-refractivity contribution is 0.0986. The number of urea groups is 1. The second kappa shape index (κ2) is 8.71. The molecule has 4 aromatic rings. The molecule has 1 aromatic carbocycles. The molecule has 1 fully saturated rings. The second-order valence-corrected chi connectivity index (χ2v) is 9.14. The number of thiazole rings is 1. The van der Waals surface area contributed by atoms with E-state index in [4.69, 9.17) is 0 Å². The van der Waals surface area contributed by atoms with Crippen LogP contribution in [0.5, 0.6) is 0 Å². The summed E-state index contributed by atoms with van der Waals surface area (Å²) in [6.45, 7) is 3.49. The molecule has 3 aromatic heterocycles. The Morgan fingerprint density at radius 3 is 2.84 bits per heavy atom. The summed E-state index contributed by atoms with van der Waals surface area (Å²) in [5.74, 6) is 0.0452. The zero-order valence-corrected chi connectivity index (χ0v) is 19.0. The van der Waals surface area contributed by atoms with Gasteiger partial charge in [0.25, 0.3) is 0 Å². The van der Waals surface area contributed by atoms with Crippen LogP contribution in [-0.4, -0.2) is 48.5 Å². The third kappa shape index (κ3) is 4.11. The first-order valence-corrected chi connectivity index (χ1v) is 11.8. The topological polar surface area (TPSA) is 92.2 Å². The number of pyridine rings is 1. The van der Waals surface area contributed by atoms with Crippen molar-refractivity contribution in [2.24, 2.45) is 0 Å². The number of benzene rings is 1. The summed E-state index contributed by atoms with van der Waals surface area (Å²) < 4.78 is 8.49. The van der Waals surface area contributed by atoms with Gasteiger partial charge in [0.1, 0.15) is 11.0 Å². The first-order valence-electron chi connectivity index (χ1n) is 10.3. The number of fused-ring (bicyclic) bond motifs is 1. The van der Waals surface area contributed by atoms with Crippen LogP contribution in [0.2, 0.25) is 0 Å². The fourth-order valence-electron chi connectivity index (χ4n) is 3.73. The highest BCUT2D eigenvalue weighted by atomic mass is 32.1. The van der Waals surface area contributed by atoms with Crippen molar-refractivity contribution < 1.29 is 9.59 Å². The van der Waals surface area contributed by atoms with E-state index in [0.717, 1.165) is 22.2 Å². The number of aromatic nitrogens is 4. The number of hydrogen-bond donors (Lipinski definition) is 0. The van der Waals surface area contributed by atoms with E-state index in [-0.39, 0.29) is 11.8 Å². The summed E-state index contributed by atoms with van der Waals surface area (Å²) >= 11 is 2.48. The van der Waals surface area contributed by atoms with Gasteiger partial charge < -0.3 is 4.90 Å². The number of anilines is 1. The normalized spacial score (nSPS) is 14.0. The van der Waals surface area contributed by atoms with Crippen molar-refractivity contribution >= 4 is 51.0 Å². The van der Waals surface area contributed by atoms with Gasteiger partial charge in [0.15, 0.2) is 10.9 Å². The number of carbonyl (C=O) groups excluding carboxylic acids is 2. The number of carbonyl (C=O) groups is 2. The Hall–Kier alpha value is -3.24. The molecule has 1 aliphatic rings. The third-order valence-electron chi connectivity index (χ3n) is 5.42. The van der Waals surface area contributed by atoms with Crippen LogP contribution < -0.4 is 4.90 Å². The summed E-state index contributed by atoms with van der Waals surface area (Å²) in [5, 5.41) is 0.582. The lowest BCUT2D eigenvalue weighted by Crippen LogP contribution is -2.31. The molecule has 0 aliphatic carbocycles. The number of amides is 2. The summed E-state index contributed by atoms with van der Waals surface area (Å²) in [6, 6.07) is 9.62. The Morgan fingerprint density at radius 1 is 1.12 bits per heavy atom. The van der Waals surface area contributed by atoms with Crippen molar-refractivity contribution in [1.82, 2.24) is 23.6 Å². The zero-order chi connectivity index (χ0) is 22.1. The molecule has 4 heterocycles. The van der Waals surface area contributed by atoms with Crippen molar-refractivity contribution in [3.63, 3.8) is 0 Å². The fraction of sp³-hybridized carbons (Fsp3) is 0.273. The molecule has 0 N–H and O–H groups in total. The summed E-state index contributed by atoms with van der Waals surface area (Å²) in [6.07, 6.45) is 4.52. The SMILES string of the molecule is Cc1nc(N2CCN(Cc3ccc4nsnc4c3)C2=O)sc1C(=O)CCc1cccnc1. The molecule has 0 saturated carbocycles. The molecule has 1 aliphatic heterocycles. The zero-order valence-electron chi connectivity index (χ0n) is 17.4. The van der Waals surface area contributed by atoms with Crippen molar-refractivity contribution in [2.75, 3.05) is 18.0 Å². The van der Waals surface area contributed by atoms with Crippen molar-refractivity contribution in [2.45, 2.75) is 26.3 Å². The average Bonchev–Trinajstić information content (AvgIpc) is 3.52. The molecule has 0 atom stereocenters. The van der Waals surface area contributed by atoms with Gasteiger partial charge in [-0.05, 0) is 42.7 Å². The lowest BCUT2D eigenvalue weighted by atomic mass is 10.1. The molecular formula is C22H20N6O2S2. The Labute approximate surface area is 192 Å². The largest absolute Gasteiger partial charge is 0.326 e. The van der Waals surface area contributed by atoms with Crippen molar-refractivity contribution in [3.05, 3.63) is 64.4 Å². The number of Topliss-reactive ketones (excluding diaryl/α,β-unsaturated/α-hetero) is 1. The molecular weight excluding hydrogens is 444 g/mol.